The molecule has 0 bridgehead atoms. The van der Waals surface area contributed by atoms with Crippen molar-refractivity contribution in [1.29, 1.82) is 5.41 Å². The predicted octanol–water partition coefficient (Wildman–Crippen LogP) is 1.94. The highest BCUT2D eigenvalue weighted by Crippen LogP contribution is 1.70. The van der Waals surface area contributed by atoms with Gasteiger partial charge >= 0.3 is 0 Å². The normalized spacial score (nSPS) is 8.89. The molecule has 0 spiro atoms. The van der Waals surface area contributed by atoms with Crippen LogP contribution in [0.4, 0.5) is 0 Å². The van der Waals surface area contributed by atoms with Crippen LogP contribution in [0.1, 0.15) is 15.3 Å². The summed E-state index contributed by atoms with van der Waals surface area (Å²) >= 11 is 0. The van der Waals surface area contributed by atoms with Gasteiger partial charge in [-0.3, -0.25) is 0 Å². The number of rotatable bonds is 1. The Hall–Kier alpha value is -1.05. The van der Waals surface area contributed by atoms with E-state index in [1.54, 1.807) is 13.0 Å². The topological polar surface area (TPSA) is 49.9 Å². The summed E-state index contributed by atoms with van der Waals surface area (Å²) in [4.78, 5) is 0. The standard InChI is InChI=1S/C4H8N2.C3H6.H2/c1-4(6)2-3-5;1-3-2;/h2-3,5H,6H2,1H3;3H,1H2,2H3;1H/b4-2-,5-3?;;. The lowest BCUT2D eigenvalue weighted by Gasteiger charge is -1.77. The van der Waals surface area contributed by atoms with Gasteiger partial charge in [-0.1, -0.05) is 6.08 Å². The maximum absolute atomic E-state index is 6.45. The van der Waals surface area contributed by atoms with Crippen LogP contribution in [-0.4, -0.2) is 6.21 Å². The van der Waals surface area contributed by atoms with Crippen molar-refractivity contribution in [3.63, 3.8) is 0 Å². The maximum Gasteiger partial charge on any atom is 0.0194 e. The summed E-state index contributed by atoms with van der Waals surface area (Å²) in [6.45, 7) is 6.99. The molecule has 3 N–H and O–H groups in total. The Labute approximate surface area is 58.1 Å². The summed E-state index contributed by atoms with van der Waals surface area (Å²) < 4.78 is 0. The fourth-order valence-electron chi connectivity index (χ4n) is 0.131. The third kappa shape index (κ3) is 44.8. The van der Waals surface area contributed by atoms with Crippen molar-refractivity contribution in [2.75, 3.05) is 0 Å². The maximum atomic E-state index is 6.45. The van der Waals surface area contributed by atoms with E-state index in [1.807, 2.05) is 6.92 Å². The largest absolute Gasteiger partial charge is 0.402 e. The minimum atomic E-state index is 0. The smallest absolute Gasteiger partial charge is 0.0194 e. The summed E-state index contributed by atoms with van der Waals surface area (Å²) in [6, 6.07) is 0. The SMILES string of the molecule is C/C(N)=C/C=N.C=CC.[HH]. The highest BCUT2D eigenvalue weighted by atomic mass is 14.5. The summed E-state index contributed by atoms with van der Waals surface area (Å²) in [6.07, 6.45) is 4.44. The molecule has 9 heavy (non-hydrogen) atoms. The van der Waals surface area contributed by atoms with Crippen molar-refractivity contribution < 1.29 is 1.43 Å². The zero-order valence-corrected chi connectivity index (χ0v) is 6.02. The quantitative estimate of drug-likeness (QED) is 0.411. The van der Waals surface area contributed by atoms with Crippen LogP contribution in [-0.2, 0) is 0 Å². The van der Waals surface area contributed by atoms with E-state index < -0.39 is 0 Å². The second kappa shape index (κ2) is 10.0. The molecule has 0 saturated carbocycles. The zero-order valence-electron chi connectivity index (χ0n) is 6.02. The average molecular weight is 128 g/mol. The Morgan fingerprint density at radius 1 is 1.78 bits per heavy atom. The van der Waals surface area contributed by atoms with E-state index in [0.717, 1.165) is 6.21 Å². The summed E-state index contributed by atoms with van der Waals surface area (Å²) in [5, 5.41) is 6.45. The van der Waals surface area contributed by atoms with Crippen molar-refractivity contribution >= 4 is 6.21 Å². The average Bonchev–Trinajstić information content (AvgIpc) is 1.67. The molecular weight excluding hydrogens is 112 g/mol. The summed E-state index contributed by atoms with van der Waals surface area (Å²) in [5.74, 6) is 0. The molecule has 54 valence electrons. The Balaban J connectivity index is -0.000000107. The Morgan fingerprint density at radius 2 is 2.11 bits per heavy atom. The van der Waals surface area contributed by atoms with Gasteiger partial charge in [-0.25, -0.2) is 0 Å². The first kappa shape index (κ1) is 10.8. The number of nitrogens with two attached hydrogens (primary N) is 1. The van der Waals surface area contributed by atoms with Crippen LogP contribution in [0.5, 0.6) is 0 Å². The third-order valence-electron chi connectivity index (χ3n) is 0.346. The van der Waals surface area contributed by atoms with Crippen LogP contribution in [0.2, 0.25) is 0 Å². The molecule has 0 aromatic heterocycles. The van der Waals surface area contributed by atoms with Crippen molar-refractivity contribution in [2.45, 2.75) is 13.8 Å². The molecule has 0 aromatic carbocycles. The van der Waals surface area contributed by atoms with E-state index in [2.05, 4.69) is 6.58 Å². The van der Waals surface area contributed by atoms with Gasteiger partial charge in [-0.15, -0.1) is 6.58 Å². The lowest BCUT2D eigenvalue weighted by molar-refractivity contribution is 1.32. The first-order chi connectivity index (χ1) is 4.18. The molecule has 0 unspecified atom stereocenters. The van der Waals surface area contributed by atoms with Crippen molar-refractivity contribution in [2.24, 2.45) is 5.73 Å². The van der Waals surface area contributed by atoms with E-state index in [0.29, 0.717) is 5.70 Å². The van der Waals surface area contributed by atoms with Gasteiger partial charge in [-0.05, 0) is 19.9 Å². The van der Waals surface area contributed by atoms with Gasteiger partial charge in [0.2, 0.25) is 0 Å². The molecule has 0 aliphatic carbocycles. The van der Waals surface area contributed by atoms with Gasteiger partial charge < -0.3 is 11.1 Å². The van der Waals surface area contributed by atoms with Crippen LogP contribution in [0, 0.1) is 5.41 Å². The lowest BCUT2D eigenvalue weighted by atomic mass is 10.5. The summed E-state index contributed by atoms with van der Waals surface area (Å²) in [7, 11) is 0. The van der Waals surface area contributed by atoms with E-state index in [1.165, 1.54) is 6.08 Å². The van der Waals surface area contributed by atoms with Gasteiger partial charge in [0.15, 0.2) is 0 Å². The fraction of sp³-hybridized carbons (Fsp3) is 0.286. The van der Waals surface area contributed by atoms with E-state index in [4.69, 9.17) is 11.1 Å². The van der Waals surface area contributed by atoms with Gasteiger partial charge in [0.05, 0.1) is 0 Å². The first-order valence-electron chi connectivity index (χ1n) is 2.68. The molecule has 0 aliphatic heterocycles. The zero-order chi connectivity index (χ0) is 7.70. The molecule has 0 radical (unpaired) electrons. The van der Waals surface area contributed by atoms with Crippen molar-refractivity contribution in [3.8, 4) is 0 Å². The van der Waals surface area contributed by atoms with Gasteiger partial charge in [-0.2, -0.15) is 0 Å². The molecule has 0 aliphatic rings. The fourth-order valence-corrected chi connectivity index (χ4v) is 0.131. The third-order valence-corrected chi connectivity index (χ3v) is 0.346. The number of hydrogen-bond donors (Lipinski definition) is 2. The second-order valence-corrected chi connectivity index (χ2v) is 1.49. The molecule has 0 atom stereocenters. The van der Waals surface area contributed by atoms with Crippen LogP contribution in [0.15, 0.2) is 24.4 Å². The van der Waals surface area contributed by atoms with Crippen molar-refractivity contribution in [1.82, 2.24) is 0 Å². The second-order valence-electron chi connectivity index (χ2n) is 1.49. The van der Waals surface area contributed by atoms with Crippen LogP contribution >= 0.6 is 0 Å². The summed E-state index contributed by atoms with van der Waals surface area (Å²) in [5.41, 5.74) is 5.78. The predicted molar refractivity (Wildman–Crippen MR) is 44.7 cm³/mol. The molecule has 2 heteroatoms. The van der Waals surface area contributed by atoms with Crippen molar-refractivity contribution in [3.05, 3.63) is 24.4 Å². The van der Waals surface area contributed by atoms with Crippen LogP contribution in [0.25, 0.3) is 0 Å². The highest BCUT2D eigenvalue weighted by molar-refractivity contribution is 5.68. The van der Waals surface area contributed by atoms with Gasteiger partial charge in [0.25, 0.3) is 0 Å². The Bertz CT molecular complexity index is 104. The molecule has 0 aromatic rings. The minimum absolute atomic E-state index is 0. The molecule has 2 nitrogen and oxygen atoms in total. The Kier molecular flexibility index (Phi) is 12.1. The van der Waals surface area contributed by atoms with Gasteiger partial charge in [0.1, 0.15) is 0 Å². The Morgan fingerprint density at radius 3 is 2.11 bits per heavy atom. The van der Waals surface area contributed by atoms with Crippen LogP contribution < -0.4 is 5.73 Å². The van der Waals surface area contributed by atoms with E-state index in [9.17, 15) is 0 Å². The molecule has 0 amide bonds. The molecular formula is C7H16N2. The number of allylic oxidation sites excluding steroid dienone is 3. The van der Waals surface area contributed by atoms with Crippen LogP contribution in [0.3, 0.4) is 0 Å². The lowest BCUT2D eigenvalue weighted by Crippen LogP contribution is -1.88. The minimum Gasteiger partial charge on any atom is -0.402 e. The molecule has 0 heterocycles. The monoisotopic (exact) mass is 128 g/mol. The highest BCUT2D eigenvalue weighted by Gasteiger charge is 1.64. The van der Waals surface area contributed by atoms with E-state index >= 15 is 0 Å². The number of hydrogen-bond acceptors (Lipinski definition) is 2. The first-order valence-corrected chi connectivity index (χ1v) is 2.68. The van der Waals surface area contributed by atoms with Gasteiger partial charge in [0, 0.05) is 13.3 Å². The molecule has 0 saturated heterocycles. The molecule has 0 rings (SSSR count). The number of nitrogens with one attached hydrogen (secondary N) is 1. The van der Waals surface area contributed by atoms with E-state index in [-0.39, 0.29) is 1.43 Å². The molecule has 0 fully saturated rings.